The predicted octanol–water partition coefficient (Wildman–Crippen LogP) is 2.93. The van der Waals surface area contributed by atoms with Crippen LogP contribution >= 0.6 is 0 Å². The van der Waals surface area contributed by atoms with E-state index in [2.05, 4.69) is 42.2 Å². The van der Waals surface area contributed by atoms with Crippen LogP contribution in [0.3, 0.4) is 0 Å². The second-order valence-corrected chi connectivity index (χ2v) is 5.60. The van der Waals surface area contributed by atoms with Gasteiger partial charge in [-0.3, -0.25) is 4.79 Å². The molecule has 5 nitrogen and oxygen atoms in total. The minimum atomic E-state index is -0.808. The van der Waals surface area contributed by atoms with Crippen LogP contribution in [0.4, 0.5) is 0 Å². The Bertz CT molecular complexity index is 634. The SMILES string of the molecule is Cc1ccc(C)c(Cc2nnc(CC(C)CC(=O)O)o2)c1. The third kappa shape index (κ3) is 4.41. The Kier molecular flexibility index (Phi) is 4.73. The first-order valence-electron chi connectivity index (χ1n) is 7.03. The number of carbonyl (C=O) groups is 1. The van der Waals surface area contributed by atoms with Gasteiger partial charge in [-0.2, -0.15) is 0 Å². The molecule has 0 aliphatic carbocycles. The number of rotatable bonds is 6. The van der Waals surface area contributed by atoms with Crippen molar-refractivity contribution in [3.63, 3.8) is 0 Å². The van der Waals surface area contributed by atoms with Crippen molar-refractivity contribution in [1.29, 1.82) is 0 Å². The summed E-state index contributed by atoms with van der Waals surface area (Å²) >= 11 is 0. The number of carboxylic acid groups (broad SMARTS) is 1. The molecule has 1 aromatic carbocycles. The van der Waals surface area contributed by atoms with Gasteiger partial charge in [-0.1, -0.05) is 30.7 Å². The summed E-state index contributed by atoms with van der Waals surface area (Å²) in [6.45, 7) is 5.97. The molecule has 0 radical (unpaired) electrons. The maximum Gasteiger partial charge on any atom is 0.303 e. The minimum Gasteiger partial charge on any atom is -0.481 e. The number of hydrogen-bond acceptors (Lipinski definition) is 4. The second-order valence-electron chi connectivity index (χ2n) is 5.60. The fraction of sp³-hybridized carbons (Fsp3) is 0.438. The van der Waals surface area contributed by atoms with Crippen LogP contribution < -0.4 is 0 Å². The van der Waals surface area contributed by atoms with Crippen molar-refractivity contribution in [3.05, 3.63) is 46.7 Å². The lowest BCUT2D eigenvalue weighted by molar-refractivity contribution is -0.137. The topological polar surface area (TPSA) is 76.2 Å². The Hall–Kier alpha value is -2.17. The van der Waals surface area contributed by atoms with E-state index in [1.165, 1.54) is 16.7 Å². The molecule has 0 spiro atoms. The lowest BCUT2D eigenvalue weighted by atomic mass is 10.0. The van der Waals surface area contributed by atoms with Gasteiger partial charge in [-0.05, 0) is 30.9 Å². The van der Waals surface area contributed by atoms with Gasteiger partial charge in [-0.25, -0.2) is 0 Å². The largest absolute Gasteiger partial charge is 0.481 e. The summed E-state index contributed by atoms with van der Waals surface area (Å²) in [4.78, 5) is 10.6. The van der Waals surface area contributed by atoms with E-state index in [0.29, 0.717) is 24.6 Å². The summed E-state index contributed by atoms with van der Waals surface area (Å²) in [5.41, 5.74) is 3.56. The van der Waals surface area contributed by atoms with Gasteiger partial charge in [0.15, 0.2) is 0 Å². The summed E-state index contributed by atoms with van der Waals surface area (Å²) in [6, 6.07) is 6.27. The highest BCUT2D eigenvalue weighted by atomic mass is 16.4. The Balaban J connectivity index is 2.03. The number of carboxylic acids is 1. The molecule has 5 heteroatoms. The Morgan fingerprint density at radius 2 is 2.00 bits per heavy atom. The molecule has 0 aliphatic heterocycles. The summed E-state index contributed by atoms with van der Waals surface area (Å²) in [7, 11) is 0. The van der Waals surface area contributed by atoms with E-state index < -0.39 is 5.97 Å². The average molecular weight is 288 g/mol. The molecule has 112 valence electrons. The molecule has 1 heterocycles. The minimum absolute atomic E-state index is 0.0171. The number of nitrogens with zero attached hydrogens (tertiary/aromatic N) is 2. The van der Waals surface area contributed by atoms with E-state index in [-0.39, 0.29) is 12.3 Å². The van der Waals surface area contributed by atoms with Crippen LogP contribution in [-0.4, -0.2) is 21.3 Å². The van der Waals surface area contributed by atoms with Crippen molar-refractivity contribution < 1.29 is 14.3 Å². The van der Waals surface area contributed by atoms with E-state index in [1.54, 1.807) is 0 Å². The molecule has 0 fully saturated rings. The number of aliphatic carboxylic acids is 1. The zero-order chi connectivity index (χ0) is 15.4. The fourth-order valence-electron chi connectivity index (χ4n) is 2.26. The van der Waals surface area contributed by atoms with E-state index in [4.69, 9.17) is 9.52 Å². The maximum atomic E-state index is 10.6. The normalized spacial score (nSPS) is 12.3. The lowest BCUT2D eigenvalue weighted by Crippen LogP contribution is -2.07. The number of aryl methyl sites for hydroxylation is 2. The summed E-state index contributed by atoms with van der Waals surface area (Å²) in [6.07, 6.45) is 1.20. The number of hydrogen-bond donors (Lipinski definition) is 1. The van der Waals surface area contributed by atoms with Crippen LogP contribution in [0, 0.1) is 19.8 Å². The van der Waals surface area contributed by atoms with Gasteiger partial charge < -0.3 is 9.52 Å². The van der Waals surface area contributed by atoms with Crippen LogP contribution in [0.5, 0.6) is 0 Å². The van der Waals surface area contributed by atoms with Gasteiger partial charge in [0.05, 0.1) is 6.42 Å². The highest BCUT2D eigenvalue weighted by molar-refractivity contribution is 5.66. The molecule has 1 unspecified atom stereocenters. The van der Waals surface area contributed by atoms with Crippen LogP contribution in [0.15, 0.2) is 22.6 Å². The van der Waals surface area contributed by atoms with Gasteiger partial charge in [-0.15, -0.1) is 10.2 Å². The van der Waals surface area contributed by atoms with Crippen LogP contribution in [-0.2, 0) is 17.6 Å². The zero-order valence-electron chi connectivity index (χ0n) is 12.6. The molecular formula is C16H20N2O3. The Labute approximate surface area is 124 Å². The van der Waals surface area contributed by atoms with E-state index in [9.17, 15) is 4.79 Å². The highest BCUT2D eigenvalue weighted by Gasteiger charge is 2.14. The molecule has 1 atom stereocenters. The maximum absolute atomic E-state index is 10.6. The smallest absolute Gasteiger partial charge is 0.303 e. The van der Waals surface area contributed by atoms with Crippen molar-refractivity contribution in [2.75, 3.05) is 0 Å². The van der Waals surface area contributed by atoms with Crippen LogP contribution in [0.1, 0.15) is 41.8 Å². The van der Waals surface area contributed by atoms with Crippen molar-refractivity contribution in [2.45, 2.75) is 40.0 Å². The monoisotopic (exact) mass is 288 g/mol. The van der Waals surface area contributed by atoms with Crippen LogP contribution in [0.25, 0.3) is 0 Å². The lowest BCUT2D eigenvalue weighted by Gasteiger charge is -2.05. The predicted molar refractivity (Wildman–Crippen MR) is 78.1 cm³/mol. The summed E-state index contributed by atoms with van der Waals surface area (Å²) < 4.78 is 5.62. The number of benzene rings is 1. The van der Waals surface area contributed by atoms with E-state index in [1.807, 2.05) is 6.92 Å². The first-order valence-corrected chi connectivity index (χ1v) is 7.03. The fourth-order valence-corrected chi connectivity index (χ4v) is 2.26. The third-order valence-corrected chi connectivity index (χ3v) is 3.40. The van der Waals surface area contributed by atoms with Gasteiger partial charge in [0, 0.05) is 12.8 Å². The molecule has 0 amide bonds. The third-order valence-electron chi connectivity index (χ3n) is 3.40. The van der Waals surface area contributed by atoms with Gasteiger partial charge in [0.2, 0.25) is 11.8 Å². The molecule has 1 aromatic heterocycles. The molecular weight excluding hydrogens is 268 g/mol. The molecule has 0 bridgehead atoms. The first kappa shape index (κ1) is 15.2. The van der Waals surface area contributed by atoms with Gasteiger partial charge in [0.1, 0.15) is 0 Å². The Morgan fingerprint density at radius 3 is 2.71 bits per heavy atom. The molecule has 2 rings (SSSR count). The van der Waals surface area contributed by atoms with Crippen LogP contribution in [0.2, 0.25) is 0 Å². The molecule has 0 saturated carbocycles. The Morgan fingerprint density at radius 1 is 1.29 bits per heavy atom. The molecule has 0 aliphatic rings. The summed E-state index contributed by atoms with van der Waals surface area (Å²) in [5.74, 6) is 0.249. The molecule has 21 heavy (non-hydrogen) atoms. The highest BCUT2D eigenvalue weighted by Crippen LogP contribution is 2.16. The quantitative estimate of drug-likeness (QED) is 0.884. The van der Waals surface area contributed by atoms with E-state index >= 15 is 0 Å². The first-order chi connectivity index (χ1) is 9.94. The average Bonchev–Trinajstić information content (AvgIpc) is 2.80. The molecule has 1 N–H and O–H groups in total. The standard InChI is InChI=1S/C16H20N2O3/c1-10-4-5-12(3)13(6-10)9-15-18-17-14(21-15)7-11(2)8-16(19)20/h4-6,11H,7-9H2,1-3H3,(H,19,20). The van der Waals surface area contributed by atoms with Crippen molar-refractivity contribution in [1.82, 2.24) is 10.2 Å². The van der Waals surface area contributed by atoms with Gasteiger partial charge in [0.25, 0.3) is 0 Å². The van der Waals surface area contributed by atoms with E-state index in [0.717, 1.165) is 0 Å². The molecule has 0 saturated heterocycles. The van der Waals surface area contributed by atoms with Crippen molar-refractivity contribution in [3.8, 4) is 0 Å². The number of aromatic nitrogens is 2. The second kappa shape index (κ2) is 6.52. The summed E-state index contributed by atoms with van der Waals surface area (Å²) in [5, 5.41) is 16.8. The molecule has 2 aromatic rings. The van der Waals surface area contributed by atoms with Crippen molar-refractivity contribution in [2.24, 2.45) is 5.92 Å². The van der Waals surface area contributed by atoms with Crippen molar-refractivity contribution >= 4 is 5.97 Å². The zero-order valence-corrected chi connectivity index (χ0v) is 12.6. The van der Waals surface area contributed by atoms with Gasteiger partial charge >= 0.3 is 5.97 Å².